The number of amides is 2. The second-order valence-electron chi connectivity index (χ2n) is 5.22. The average Bonchev–Trinajstić information content (AvgIpc) is 2.84. The summed E-state index contributed by atoms with van der Waals surface area (Å²) in [5.74, 6) is -0.844. The molecule has 1 aliphatic rings. The van der Waals surface area contributed by atoms with Crippen molar-refractivity contribution in [2.75, 3.05) is 0 Å². The first-order chi connectivity index (χ1) is 9.56. The number of aromatic hydroxyl groups is 1. The first-order valence-corrected chi connectivity index (χ1v) is 6.60. The third-order valence-corrected chi connectivity index (χ3v) is 3.98. The zero-order valence-electron chi connectivity index (χ0n) is 11.1. The highest BCUT2D eigenvalue weighted by Crippen LogP contribution is 2.37. The van der Waals surface area contributed by atoms with Gasteiger partial charge in [-0.25, -0.2) is 0 Å². The Bertz CT molecular complexity index is 688. The summed E-state index contributed by atoms with van der Waals surface area (Å²) in [6.45, 7) is 1.89. The lowest BCUT2D eigenvalue weighted by atomic mass is 9.81. The molecule has 104 valence electrons. The molecule has 0 bridgehead atoms. The van der Waals surface area contributed by atoms with E-state index in [2.05, 4.69) is 5.32 Å². The second-order valence-corrected chi connectivity index (χ2v) is 5.22. The van der Waals surface area contributed by atoms with E-state index in [4.69, 9.17) is 4.42 Å². The minimum atomic E-state index is -0.303. The van der Waals surface area contributed by atoms with Crippen LogP contribution in [0.15, 0.2) is 28.9 Å². The molecule has 1 fully saturated rings. The number of nitrogens with one attached hydrogen (secondary N) is 1. The maximum absolute atomic E-state index is 11.9. The highest BCUT2D eigenvalue weighted by Gasteiger charge is 2.33. The number of hydrogen-bond acceptors (Lipinski definition) is 4. The Morgan fingerprint density at radius 2 is 2.20 bits per heavy atom. The van der Waals surface area contributed by atoms with Crippen molar-refractivity contribution in [1.82, 2.24) is 5.32 Å². The molecule has 0 radical (unpaired) electrons. The number of furan rings is 1. The molecule has 1 saturated heterocycles. The lowest BCUT2D eigenvalue weighted by Crippen LogP contribution is -2.42. The largest absolute Gasteiger partial charge is 0.508 e. The van der Waals surface area contributed by atoms with Gasteiger partial charge >= 0.3 is 0 Å². The highest BCUT2D eigenvalue weighted by atomic mass is 16.3. The summed E-state index contributed by atoms with van der Waals surface area (Å²) < 4.78 is 5.23. The number of phenolic OH excluding ortho intramolecular Hbond substituents is 1. The molecule has 20 heavy (non-hydrogen) atoms. The van der Waals surface area contributed by atoms with Gasteiger partial charge in [-0.3, -0.25) is 14.9 Å². The fourth-order valence-electron chi connectivity index (χ4n) is 2.79. The highest BCUT2D eigenvalue weighted by molar-refractivity contribution is 5.99. The number of carbonyl (C=O) groups excluding carboxylic acids is 2. The third-order valence-electron chi connectivity index (χ3n) is 3.98. The molecule has 0 aliphatic carbocycles. The molecule has 2 amide bonds. The van der Waals surface area contributed by atoms with Gasteiger partial charge in [0, 0.05) is 23.8 Å². The predicted molar refractivity (Wildman–Crippen MR) is 72.2 cm³/mol. The number of piperidine rings is 1. The molecule has 2 N–H and O–H groups in total. The molecular formula is C15H15NO4. The van der Waals surface area contributed by atoms with Crippen LogP contribution in [0.1, 0.15) is 31.2 Å². The van der Waals surface area contributed by atoms with E-state index in [0.717, 1.165) is 5.39 Å². The van der Waals surface area contributed by atoms with Crippen LogP contribution in [0.2, 0.25) is 0 Å². The molecule has 1 aromatic carbocycles. The fourth-order valence-corrected chi connectivity index (χ4v) is 2.79. The van der Waals surface area contributed by atoms with E-state index >= 15 is 0 Å². The molecule has 1 aromatic heterocycles. The molecule has 2 heterocycles. The van der Waals surface area contributed by atoms with Crippen LogP contribution in [-0.4, -0.2) is 16.9 Å². The number of phenols is 1. The Hall–Kier alpha value is -2.30. The van der Waals surface area contributed by atoms with E-state index in [1.807, 2.05) is 19.1 Å². The van der Waals surface area contributed by atoms with E-state index in [9.17, 15) is 14.7 Å². The van der Waals surface area contributed by atoms with Crippen molar-refractivity contribution in [1.29, 1.82) is 0 Å². The summed E-state index contributed by atoms with van der Waals surface area (Å²) in [4.78, 5) is 23.1. The van der Waals surface area contributed by atoms with Gasteiger partial charge in [-0.05, 0) is 30.0 Å². The summed E-state index contributed by atoms with van der Waals surface area (Å²) >= 11 is 0. The Labute approximate surface area is 115 Å². The number of fused-ring (bicyclic) bond motifs is 1. The molecule has 2 aromatic rings. The smallest absolute Gasteiger partial charge is 0.230 e. The molecule has 5 nitrogen and oxygen atoms in total. The van der Waals surface area contributed by atoms with Crippen molar-refractivity contribution in [2.24, 2.45) is 5.92 Å². The lowest BCUT2D eigenvalue weighted by molar-refractivity contribution is -0.136. The van der Waals surface area contributed by atoms with Gasteiger partial charge in [0.1, 0.15) is 11.3 Å². The van der Waals surface area contributed by atoms with Crippen LogP contribution in [0.4, 0.5) is 0 Å². The average molecular weight is 273 g/mol. The van der Waals surface area contributed by atoms with Crippen LogP contribution in [0.3, 0.4) is 0 Å². The van der Waals surface area contributed by atoms with Crippen LogP contribution in [0.25, 0.3) is 11.0 Å². The SMILES string of the molecule is CC(c1cc2ccoc2cc1O)[C@@H]1CCC(=O)NC1=O. The van der Waals surface area contributed by atoms with Gasteiger partial charge in [-0.1, -0.05) is 6.92 Å². The van der Waals surface area contributed by atoms with Crippen LogP contribution in [0, 0.1) is 5.92 Å². The molecular weight excluding hydrogens is 258 g/mol. The van der Waals surface area contributed by atoms with E-state index in [-0.39, 0.29) is 29.4 Å². The summed E-state index contributed by atoms with van der Waals surface area (Å²) in [5, 5.41) is 13.3. The zero-order valence-corrected chi connectivity index (χ0v) is 11.1. The number of benzene rings is 1. The van der Waals surface area contributed by atoms with Gasteiger partial charge in [0.05, 0.1) is 6.26 Å². The Morgan fingerprint density at radius 1 is 1.40 bits per heavy atom. The first kappa shape index (κ1) is 12.7. The zero-order chi connectivity index (χ0) is 14.3. The van der Waals surface area contributed by atoms with E-state index < -0.39 is 0 Å². The summed E-state index contributed by atoms with van der Waals surface area (Å²) in [5.41, 5.74) is 1.31. The van der Waals surface area contributed by atoms with Crippen molar-refractivity contribution in [3.05, 3.63) is 30.0 Å². The molecule has 5 heteroatoms. The minimum Gasteiger partial charge on any atom is -0.508 e. The van der Waals surface area contributed by atoms with Gasteiger partial charge in [0.2, 0.25) is 11.8 Å². The predicted octanol–water partition coefficient (Wildman–Crippen LogP) is 2.29. The lowest BCUT2D eigenvalue weighted by Gasteiger charge is -2.27. The number of rotatable bonds is 2. The molecule has 0 spiro atoms. The molecule has 1 unspecified atom stereocenters. The van der Waals surface area contributed by atoms with Crippen LogP contribution < -0.4 is 5.32 Å². The van der Waals surface area contributed by atoms with Gasteiger partial charge in [-0.2, -0.15) is 0 Å². The van der Waals surface area contributed by atoms with Crippen molar-refractivity contribution in [3.8, 4) is 5.75 Å². The fraction of sp³-hybridized carbons (Fsp3) is 0.333. The van der Waals surface area contributed by atoms with E-state index in [0.29, 0.717) is 24.0 Å². The van der Waals surface area contributed by atoms with Gasteiger partial charge in [0.15, 0.2) is 0 Å². The van der Waals surface area contributed by atoms with Gasteiger partial charge in [0.25, 0.3) is 0 Å². The van der Waals surface area contributed by atoms with E-state index in [1.165, 1.54) is 0 Å². The van der Waals surface area contributed by atoms with Gasteiger partial charge < -0.3 is 9.52 Å². The monoisotopic (exact) mass is 273 g/mol. The van der Waals surface area contributed by atoms with Crippen molar-refractivity contribution < 1.29 is 19.1 Å². The Morgan fingerprint density at radius 3 is 2.95 bits per heavy atom. The van der Waals surface area contributed by atoms with Crippen LogP contribution in [-0.2, 0) is 9.59 Å². The van der Waals surface area contributed by atoms with Crippen molar-refractivity contribution in [2.45, 2.75) is 25.7 Å². The quantitative estimate of drug-likeness (QED) is 0.823. The molecule has 2 atom stereocenters. The third kappa shape index (κ3) is 2.05. The number of imide groups is 1. The summed E-state index contributed by atoms with van der Waals surface area (Å²) in [6, 6.07) is 5.21. The molecule has 3 rings (SSSR count). The molecule has 1 aliphatic heterocycles. The number of carbonyl (C=O) groups is 2. The summed E-state index contributed by atoms with van der Waals surface area (Å²) in [7, 11) is 0. The topological polar surface area (TPSA) is 79.5 Å². The van der Waals surface area contributed by atoms with Crippen molar-refractivity contribution in [3.63, 3.8) is 0 Å². The van der Waals surface area contributed by atoms with Gasteiger partial charge in [-0.15, -0.1) is 0 Å². The standard InChI is InChI=1S/C15H15NO4/c1-8(10-2-3-14(18)16-15(10)19)11-6-9-4-5-20-13(9)7-12(11)17/h4-8,10,17H,2-3H2,1H3,(H,16,18,19)/t8?,10-/m0/s1. The van der Waals surface area contributed by atoms with Crippen molar-refractivity contribution >= 4 is 22.8 Å². The normalized spacial score (nSPS) is 20.9. The maximum atomic E-state index is 11.9. The maximum Gasteiger partial charge on any atom is 0.230 e. The summed E-state index contributed by atoms with van der Waals surface area (Å²) in [6.07, 6.45) is 2.41. The molecule has 0 saturated carbocycles. The second kappa shape index (κ2) is 4.67. The first-order valence-electron chi connectivity index (χ1n) is 6.60. The van der Waals surface area contributed by atoms with E-state index in [1.54, 1.807) is 12.3 Å². The Kier molecular flexibility index (Phi) is 2.97. The minimum absolute atomic E-state index is 0.115. The van der Waals surface area contributed by atoms with Crippen LogP contribution in [0.5, 0.6) is 5.75 Å². The Balaban J connectivity index is 1.95. The number of hydrogen-bond donors (Lipinski definition) is 2. The van der Waals surface area contributed by atoms with Crippen LogP contribution >= 0.6 is 0 Å².